The van der Waals surface area contributed by atoms with Crippen LogP contribution in [0.4, 0.5) is 10.1 Å². The monoisotopic (exact) mass is 574 g/mol. The minimum Gasteiger partial charge on any atom is -0.384 e. The molecule has 3 fully saturated rings. The van der Waals surface area contributed by atoms with Gasteiger partial charge < -0.3 is 14.7 Å². The molecule has 5 aliphatic rings. The van der Waals surface area contributed by atoms with E-state index in [9.17, 15) is 9.70 Å². The fraction of sp³-hybridized carbons (Fsp3) is 0.629. The molecule has 7 heteroatoms. The van der Waals surface area contributed by atoms with E-state index in [1.165, 1.54) is 36.1 Å². The van der Waals surface area contributed by atoms with Gasteiger partial charge in [-0.25, -0.2) is 4.39 Å². The van der Waals surface area contributed by atoms with Gasteiger partial charge in [-0.1, -0.05) is 47.7 Å². The number of carbonyl (C=O) groups is 1. The molecule has 1 aliphatic heterocycles. The van der Waals surface area contributed by atoms with Gasteiger partial charge in [-0.2, -0.15) is 4.91 Å². The predicted molar refractivity (Wildman–Crippen MR) is 162 cm³/mol. The maximum atomic E-state index is 15.9. The molecule has 0 bridgehead atoms. The Morgan fingerprint density at radius 3 is 2.67 bits per heavy atom. The number of nitroso groups, excluding NO2 is 1. The molecular formula is C35H43FN2O4. The van der Waals surface area contributed by atoms with E-state index in [2.05, 4.69) is 53.1 Å². The molecule has 1 aromatic rings. The first-order chi connectivity index (χ1) is 20.4. The quantitative estimate of drug-likeness (QED) is 0.235. The van der Waals surface area contributed by atoms with E-state index in [0.717, 1.165) is 37.9 Å². The van der Waals surface area contributed by atoms with Crippen LogP contribution in [-0.2, 0) is 9.53 Å². The van der Waals surface area contributed by atoms with Crippen molar-refractivity contribution >= 4 is 11.5 Å². The smallest absolute Gasteiger partial charge is 0.162 e. The lowest BCUT2D eigenvalue weighted by Gasteiger charge is -2.53. The second-order valence-corrected chi connectivity index (χ2v) is 13.2. The summed E-state index contributed by atoms with van der Waals surface area (Å²) in [5, 5.41) is 12.1. The van der Waals surface area contributed by atoms with Crippen LogP contribution in [0.3, 0.4) is 0 Å². The minimum atomic E-state index is -1.11. The van der Waals surface area contributed by atoms with E-state index in [4.69, 9.17) is 9.84 Å². The Morgan fingerprint density at radius 1 is 1.14 bits per heavy atom. The Balaban J connectivity index is 1.35. The second-order valence-electron chi connectivity index (χ2n) is 13.2. The first kappa shape index (κ1) is 29.3. The van der Waals surface area contributed by atoms with E-state index in [-0.39, 0.29) is 54.7 Å². The summed E-state index contributed by atoms with van der Waals surface area (Å²) in [7, 11) is 0. The van der Waals surface area contributed by atoms with Crippen molar-refractivity contribution in [2.24, 2.45) is 28.3 Å². The number of Topliss-reactive ketones (excluding diaryl/α,β-unsaturated/α-hetero) is 1. The lowest BCUT2D eigenvalue weighted by atomic mass is 9.51. The summed E-state index contributed by atoms with van der Waals surface area (Å²) in [6.07, 6.45) is 8.71. The van der Waals surface area contributed by atoms with E-state index in [1.807, 2.05) is 0 Å². The largest absolute Gasteiger partial charge is 0.384 e. The molecule has 1 heterocycles. The highest BCUT2D eigenvalue weighted by atomic mass is 19.1. The van der Waals surface area contributed by atoms with E-state index in [0.29, 0.717) is 24.8 Å². The highest BCUT2D eigenvalue weighted by molar-refractivity contribution is 5.83. The third-order valence-electron chi connectivity index (χ3n) is 11.0. The van der Waals surface area contributed by atoms with Crippen molar-refractivity contribution in [2.45, 2.75) is 82.8 Å². The van der Waals surface area contributed by atoms with Crippen LogP contribution in [0.2, 0.25) is 0 Å². The van der Waals surface area contributed by atoms with Crippen LogP contribution >= 0.6 is 0 Å². The third-order valence-corrected chi connectivity index (χ3v) is 11.0. The number of ketones is 1. The number of anilines is 1. The molecule has 224 valence electrons. The summed E-state index contributed by atoms with van der Waals surface area (Å²) >= 11 is 0. The van der Waals surface area contributed by atoms with Crippen molar-refractivity contribution in [1.29, 1.82) is 0 Å². The van der Waals surface area contributed by atoms with Gasteiger partial charge in [0.15, 0.2) is 5.78 Å². The Morgan fingerprint density at radius 2 is 1.93 bits per heavy atom. The van der Waals surface area contributed by atoms with Crippen molar-refractivity contribution in [1.82, 2.24) is 0 Å². The fourth-order valence-electron chi connectivity index (χ4n) is 9.14. The Bertz CT molecular complexity index is 1300. The molecule has 0 spiro atoms. The van der Waals surface area contributed by atoms with Gasteiger partial charge in [0.05, 0.1) is 0 Å². The summed E-state index contributed by atoms with van der Waals surface area (Å²) in [6.45, 7) is 4.36. The Labute approximate surface area is 248 Å². The molecule has 42 heavy (non-hydrogen) atoms. The second kappa shape index (κ2) is 12.4. The maximum absolute atomic E-state index is 15.9. The van der Waals surface area contributed by atoms with Crippen LogP contribution in [0.15, 0.2) is 52.2 Å². The number of carbonyl (C=O) groups excluding carboxylic acids is 1. The molecule has 1 aromatic carbocycles. The number of nitrogens with zero attached hydrogens (tertiary/aromatic N) is 2. The standard InChI is InChI=1S/C35H43FN2O4/c1-35-21-29(23-7-10-25(11-8-23)38-15-3-2-4-16-38)34-26-12-9-24(37-41)19-27(26)32(36)20-28(34)30(35)13-14-31(35)33(40)22-42-18-6-5-17-39/h7-8,10-11,19,24,28-32,39H,2-4,9,12-18,20-22H2,1H3/t24?,28-,29+,30-,31+,32?,35-/m0/s1. The number of aliphatic hydroxyl groups is 1. The van der Waals surface area contributed by atoms with E-state index < -0.39 is 12.2 Å². The maximum Gasteiger partial charge on any atom is 0.162 e. The van der Waals surface area contributed by atoms with Crippen LogP contribution in [0, 0.1) is 39.9 Å². The topological polar surface area (TPSA) is 79.2 Å². The zero-order valence-electron chi connectivity index (χ0n) is 24.7. The van der Waals surface area contributed by atoms with Crippen molar-refractivity contribution in [3.63, 3.8) is 0 Å². The van der Waals surface area contributed by atoms with Gasteiger partial charge in [0.1, 0.15) is 32.0 Å². The number of alkyl halides is 1. The molecule has 0 radical (unpaired) electrons. The number of halogens is 1. The molecule has 0 aromatic heterocycles. The molecule has 4 aliphatic carbocycles. The number of benzene rings is 1. The molecule has 6 rings (SSSR count). The van der Waals surface area contributed by atoms with Crippen molar-refractivity contribution in [2.75, 3.05) is 37.8 Å². The number of allylic oxidation sites excluding steroid dienone is 3. The van der Waals surface area contributed by atoms with Crippen LogP contribution < -0.4 is 4.90 Å². The highest BCUT2D eigenvalue weighted by Gasteiger charge is 2.59. The van der Waals surface area contributed by atoms with E-state index >= 15 is 4.39 Å². The number of piperidine rings is 1. The molecular weight excluding hydrogens is 531 g/mol. The first-order valence-electron chi connectivity index (χ1n) is 15.9. The summed E-state index contributed by atoms with van der Waals surface area (Å²) < 4.78 is 21.5. The number of hydrogen-bond acceptors (Lipinski definition) is 6. The van der Waals surface area contributed by atoms with Crippen molar-refractivity contribution < 1.29 is 19.0 Å². The SMILES string of the molecule is C[C@]12C[C@H](c3ccc(N4CCCCC4)cc3)C3=C4CCC(N=O)C=C4C(F)C[C@H]3[C@@H]1CC[C@@H]2C(=O)COCC#CCO. The molecule has 2 unspecified atom stereocenters. The van der Waals surface area contributed by atoms with Gasteiger partial charge >= 0.3 is 0 Å². The molecule has 1 saturated heterocycles. The number of hydrogen-bond donors (Lipinski definition) is 1. The summed E-state index contributed by atoms with van der Waals surface area (Å²) in [5.74, 6) is 5.65. The Kier molecular flexibility index (Phi) is 8.65. The van der Waals surface area contributed by atoms with Crippen LogP contribution in [0.5, 0.6) is 0 Å². The van der Waals surface area contributed by atoms with Gasteiger partial charge in [0.25, 0.3) is 0 Å². The van der Waals surface area contributed by atoms with Crippen LogP contribution in [0.1, 0.15) is 76.2 Å². The zero-order chi connectivity index (χ0) is 29.3. The number of rotatable bonds is 7. The highest BCUT2D eigenvalue weighted by Crippen LogP contribution is 2.66. The van der Waals surface area contributed by atoms with Gasteiger partial charge in [0.2, 0.25) is 0 Å². The molecule has 1 N–H and O–H groups in total. The van der Waals surface area contributed by atoms with Crippen LogP contribution in [-0.4, -0.2) is 56.0 Å². The first-order valence-corrected chi connectivity index (χ1v) is 15.9. The normalized spacial score (nSPS) is 34.0. The number of aliphatic hydroxyl groups excluding tert-OH is 1. The van der Waals surface area contributed by atoms with Gasteiger partial charge in [-0.3, -0.25) is 4.79 Å². The minimum absolute atomic E-state index is 0.0135. The summed E-state index contributed by atoms with van der Waals surface area (Å²) in [5.41, 5.74) is 5.41. The Hall–Kier alpha value is -2.82. The predicted octanol–water partition coefficient (Wildman–Crippen LogP) is 6.29. The molecule has 7 atom stereocenters. The summed E-state index contributed by atoms with van der Waals surface area (Å²) in [4.78, 5) is 27.4. The van der Waals surface area contributed by atoms with Crippen molar-refractivity contribution in [3.05, 3.63) is 57.5 Å². The third kappa shape index (κ3) is 5.37. The fourth-order valence-corrected chi connectivity index (χ4v) is 9.14. The van der Waals surface area contributed by atoms with Gasteiger partial charge in [-0.05, 0) is 104 Å². The van der Waals surface area contributed by atoms with Gasteiger partial charge in [-0.15, -0.1) is 0 Å². The van der Waals surface area contributed by atoms with E-state index in [1.54, 1.807) is 6.08 Å². The number of ether oxygens (including phenoxy) is 1. The van der Waals surface area contributed by atoms with Gasteiger partial charge in [0, 0.05) is 30.6 Å². The molecule has 6 nitrogen and oxygen atoms in total. The molecule has 2 saturated carbocycles. The average molecular weight is 575 g/mol. The average Bonchev–Trinajstić information content (AvgIpc) is 3.38. The summed E-state index contributed by atoms with van der Waals surface area (Å²) in [6, 6.07) is 8.57. The van der Waals surface area contributed by atoms with Crippen molar-refractivity contribution in [3.8, 4) is 11.8 Å². The lowest BCUT2D eigenvalue weighted by Crippen LogP contribution is -2.46. The number of fused-ring (bicyclic) bond motifs is 4. The zero-order valence-corrected chi connectivity index (χ0v) is 24.7. The lowest BCUT2D eigenvalue weighted by molar-refractivity contribution is -0.131. The van der Waals surface area contributed by atoms with Crippen LogP contribution in [0.25, 0.3) is 0 Å². The molecule has 0 amide bonds.